The Hall–Kier alpha value is -5.26. The molecule has 3 aliphatic heterocycles. The predicted octanol–water partition coefficient (Wildman–Crippen LogP) is 2.96. The summed E-state index contributed by atoms with van der Waals surface area (Å²) >= 11 is 0. The number of likely N-dealkylation sites (N-methyl/N-ethyl adjacent to an activating group) is 1. The minimum atomic E-state index is -1.09. The molecule has 214 valence electrons. The Bertz CT molecular complexity index is 1700. The van der Waals surface area contributed by atoms with E-state index in [0.717, 1.165) is 16.0 Å². The highest BCUT2D eigenvalue weighted by atomic mass is 16.5. The van der Waals surface area contributed by atoms with E-state index in [-0.39, 0.29) is 36.5 Å². The molecular formula is C30H27N5O7. The maximum Gasteiger partial charge on any atom is 0.264 e. The Morgan fingerprint density at radius 2 is 1.86 bits per heavy atom. The first-order valence-corrected chi connectivity index (χ1v) is 13.5. The number of pyridine rings is 1. The van der Waals surface area contributed by atoms with E-state index in [9.17, 15) is 24.0 Å². The van der Waals surface area contributed by atoms with Crippen molar-refractivity contribution in [3.8, 4) is 22.8 Å². The van der Waals surface area contributed by atoms with Crippen LogP contribution < -0.4 is 25.0 Å². The second-order valence-corrected chi connectivity index (χ2v) is 10.1. The highest BCUT2D eigenvalue weighted by Gasteiger charge is 2.45. The van der Waals surface area contributed by atoms with Gasteiger partial charge >= 0.3 is 0 Å². The number of rotatable bonds is 6. The topological polar surface area (TPSA) is 147 Å². The molecule has 0 aliphatic carbocycles. The van der Waals surface area contributed by atoms with Crippen LogP contribution in [-0.2, 0) is 14.4 Å². The van der Waals surface area contributed by atoms with Gasteiger partial charge in [0.2, 0.25) is 17.7 Å². The van der Waals surface area contributed by atoms with E-state index in [2.05, 4.69) is 15.6 Å². The molecule has 5 amide bonds. The number of imide groups is 2. The zero-order chi connectivity index (χ0) is 29.7. The summed E-state index contributed by atoms with van der Waals surface area (Å²) < 4.78 is 11.5. The fraction of sp³-hybridized carbons (Fsp3) is 0.267. The fourth-order valence-electron chi connectivity index (χ4n) is 5.50. The molecule has 12 nitrogen and oxygen atoms in total. The number of fused-ring (bicyclic) bond motifs is 2. The van der Waals surface area contributed by atoms with Crippen molar-refractivity contribution in [2.24, 2.45) is 0 Å². The number of nitrogens with zero attached hydrogens (tertiary/aromatic N) is 3. The van der Waals surface area contributed by atoms with Gasteiger partial charge < -0.3 is 19.7 Å². The van der Waals surface area contributed by atoms with Crippen molar-refractivity contribution < 1.29 is 33.4 Å². The number of nitrogens with one attached hydrogen (secondary N) is 2. The fourth-order valence-corrected chi connectivity index (χ4v) is 5.50. The molecule has 1 aromatic heterocycles. The zero-order valence-electron chi connectivity index (χ0n) is 23.1. The number of benzene rings is 2. The van der Waals surface area contributed by atoms with Gasteiger partial charge in [-0.15, -0.1) is 0 Å². The molecule has 1 saturated heterocycles. The molecule has 3 aromatic rings. The second-order valence-electron chi connectivity index (χ2n) is 10.1. The maximum atomic E-state index is 13.7. The van der Waals surface area contributed by atoms with Gasteiger partial charge in [0.15, 0.2) is 6.61 Å². The lowest BCUT2D eigenvalue weighted by molar-refractivity contribution is -0.136. The van der Waals surface area contributed by atoms with E-state index < -0.39 is 29.7 Å². The molecule has 2 N–H and O–H groups in total. The maximum absolute atomic E-state index is 13.7. The Balaban J connectivity index is 1.46. The Kier molecular flexibility index (Phi) is 6.60. The molecule has 12 heteroatoms. The SMILES string of the molecule is CCOc1nccc(-c2cc3c(cc2Nc2cccc4c2C(=O)N(C2CCC(=O)NC2=O)C4=O)N(C)C(=O)CO3)c1C. The lowest BCUT2D eigenvalue weighted by Crippen LogP contribution is -2.54. The number of hydrogen-bond acceptors (Lipinski definition) is 9. The van der Waals surface area contributed by atoms with Gasteiger partial charge in [0.25, 0.3) is 17.7 Å². The monoisotopic (exact) mass is 569 g/mol. The first-order chi connectivity index (χ1) is 20.2. The van der Waals surface area contributed by atoms with E-state index in [1.807, 2.05) is 26.0 Å². The summed E-state index contributed by atoms with van der Waals surface area (Å²) in [4.78, 5) is 70.5. The average Bonchev–Trinajstić information content (AvgIpc) is 3.22. The first kappa shape index (κ1) is 26.9. The van der Waals surface area contributed by atoms with Crippen LogP contribution in [0.2, 0.25) is 0 Å². The molecule has 1 unspecified atom stereocenters. The molecule has 0 radical (unpaired) electrons. The summed E-state index contributed by atoms with van der Waals surface area (Å²) in [7, 11) is 1.65. The van der Waals surface area contributed by atoms with E-state index in [1.54, 1.807) is 31.4 Å². The summed E-state index contributed by atoms with van der Waals surface area (Å²) in [5.74, 6) is -1.63. The molecule has 0 spiro atoms. The smallest absolute Gasteiger partial charge is 0.264 e. The van der Waals surface area contributed by atoms with Crippen molar-refractivity contribution >= 4 is 46.6 Å². The zero-order valence-corrected chi connectivity index (χ0v) is 23.1. The van der Waals surface area contributed by atoms with E-state index in [1.165, 1.54) is 11.0 Å². The molecule has 42 heavy (non-hydrogen) atoms. The summed E-state index contributed by atoms with van der Waals surface area (Å²) in [6, 6.07) is 9.14. The van der Waals surface area contributed by atoms with Crippen LogP contribution >= 0.6 is 0 Å². The molecule has 1 atom stereocenters. The van der Waals surface area contributed by atoms with E-state index in [4.69, 9.17) is 9.47 Å². The molecule has 6 rings (SSSR count). The van der Waals surface area contributed by atoms with Gasteiger partial charge in [-0.2, -0.15) is 0 Å². The summed E-state index contributed by atoms with van der Waals surface area (Å²) in [6.45, 7) is 4.08. The molecular weight excluding hydrogens is 542 g/mol. The number of carbonyl (C=O) groups excluding carboxylic acids is 5. The van der Waals surface area contributed by atoms with Crippen molar-refractivity contribution in [1.29, 1.82) is 0 Å². The average molecular weight is 570 g/mol. The normalized spacial score (nSPS) is 18.0. The Labute approximate surface area is 240 Å². The number of aromatic nitrogens is 1. The number of hydrogen-bond donors (Lipinski definition) is 2. The number of piperidine rings is 1. The third kappa shape index (κ3) is 4.31. The minimum Gasteiger partial charge on any atom is -0.482 e. The van der Waals surface area contributed by atoms with Crippen molar-refractivity contribution in [3.05, 3.63) is 59.3 Å². The summed E-state index contributed by atoms with van der Waals surface area (Å²) in [5, 5.41) is 5.53. The summed E-state index contributed by atoms with van der Waals surface area (Å²) in [6.07, 6.45) is 1.71. The standard InChI is InChI=1S/C30H27N5O7/c1-4-41-28-15(2)16(10-11-31-28)18-12-23-22(34(3)25(37)14-42-23)13-20(18)32-19-7-5-6-17-26(19)30(40)35(29(17)39)21-8-9-24(36)33-27(21)38/h5-7,10-13,21,32H,4,8-9,14H2,1-3H3,(H,33,36,38). The van der Waals surface area contributed by atoms with Crippen LogP contribution in [0.25, 0.3) is 11.1 Å². The van der Waals surface area contributed by atoms with Crippen molar-refractivity contribution in [1.82, 2.24) is 15.2 Å². The summed E-state index contributed by atoms with van der Waals surface area (Å²) in [5.41, 5.74) is 3.89. The lowest BCUT2D eigenvalue weighted by atomic mass is 9.98. The largest absolute Gasteiger partial charge is 0.482 e. The molecule has 0 saturated carbocycles. The molecule has 0 bridgehead atoms. The van der Waals surface area contributed by atoms with E-state index >= 15 is 0 Å². The van der Waals surface area contributed by atoms with Crippen LogP contribution in [-0.4, -0.2) is 65.7 Å². The number of carbonyl (C=O) groups is 5. The van der Waals surface area contributed by atoms with Gasteiger partial charge in [-0.05, 0) is 56.2 Å². The Morgan fingerprint density at radius 1 is 1.05 bits per heavy atom. The van der Waals surface area contributed by atoms with Crippen LogP contribution in [0.3, 0.4) is 0 Å². The molecule has 2 aromatic carbocycles. The van der Waals surface area contributed by atoms with Gasteiger partial charge in [0.05, 0.1) is 29.1 Å². The van der Waals surface area contributed by atoms with Gasteiger partial charge in [-0.25, -0.2) is 4.98 Å². The molecule has 1 fully saturated rings. The highest BCUT2D eigenvalue weighted by Crippen LogP contribution is 2.44. The molecule has 4 heterocycles. The van der Waals surface area contributed by atoms with Crippen molar-refractivity contribution in [2.45, 2.75) is 32.7 Å². The van der Waals surface area contributed by atoms with Crippen molar-refractivity contribution in [2.75, 3.05) is 30.5 Å². The van der Waals surface area contributed by atoms with Crippen LogP contribution in [0.1, 0.15) is 46.0 Å². The van der Waals surface area contributed by atoms with Crippen LogP contribution in [0.4, 0.5) is 17.1 Å². The van der Waals surface area contributed by atoms with Crippen LogP contribution in [0.15, 0.2) is 42.6 Å². The Morgan fingerprint density at radius 3 is 2.62 bits per heavy atom. The minimum absolute atomic E-state index is 0.0245. The second kappa shape index (κ2) is 10.3. The van der Waals surface area contributed by atoms with Crippen LogP contribution in [0, 0.1) is 6.92 Å². The lowest BCUT2D eigenvalue weighted by Gasteiger charge is -2.28. The predicted molar refractivity (Wildman–Crippen MR) is 151 cm³/mol. The number of anilines is 3. The van der Waals surface area contributed by atoms with Crippen LogP contribution in [0.5, 0.6) is 11.6 Å². The molecule has 3 aliphatic rings. The number of amides is 5. The quantitative estimate of drug-likeness (QED) is 0.428. The van der Waals surface area contributed by atoms with Gasteiger partial charge in [-0.3, -0.25) is 34.2 Å². The highest BCUT2D eigenvalue weighted by molar-refractivity contribution is 6.25. The third-order valence-electron chi connectivity index (χ3n) is 7.65. The van der Waals surface area contributed by atoms with Gasteiger partial charge in [0, 0.05) is 36.5 Å². The van der Waals surface area contributed by atoms with Gasteiger partial charge in [0.1, 0.15) is 11.8 Å². The van der Waals surface area contributed by atoms with E-state index in [0.29, 0.717) is 40.9 Å². The third-order valence-corrected chi connectivity index (χ3v) is 7.65. The number of ether oxygens (including phenoxy) is 2. The van der Waals surface area contributed by atoms with Gasteiger partial charge in [-0.1, -0.05) is 6.07 Å². The first-order valence-electron chi connectivity index (χ1n) is 13.5. The van der Waals surface area contributed by atoms with Crippen molar-refractivity contribution in [3.63, 3.8) is 0 Å².